The summed E-state index contributed by atoms with van der Waals surface area (Å²) in [4.78, 5) is 13.9. The normalized spacial score (nSPS) is 16.6. The van der Waals surface area contributed by atoms with Crippen molar-refractivity contribution in [3.63, 3.8) is 0 Å². The van der Waals surface area contributed by atoms with Crippen molar-refractivity contribution >= 4 is 5.91 Å². The lowest BCUT2D eigenvalue weighted by atomic mass is 10.1. The van der Waals surface area contributed by atoms with Crippen molar-refractivity contribution in [3.05, 3.63) is 35.4 Å². The van der Waals surface area contributed by atoms with Crippen LogP contribution in [0.25, 0.3) is 0 Å². The first kappa shape index (κ1) is 16.9. The van der Waals surface area contributed by atoms with Crippen LogP contribution in [0.3, 0.4) is 0 Å². The van der Waals surface area contributed by atoms with Crippen molar-refractivity contribution < 1.29 is 9.90 Å². The molecule has 0 aliphatic carbocycles. The Hall–Kier alpha value is -1.43. The SMILES string of the molecule is CNC(=O)c1ccc(CNCCCN2CCC(O)CC2)cc1. The molecule has 0 saturated carbocycles. The number of amides is 1. The van der Waals surface area contributed by atoms with E-state index < -0.39 is 0 Å². The van der Waals surface area contributed by atoms with Gasteiger partial charge in [0.2, 0.25) is 0 Å². The molecule has 1 aromatic carbocycles. The number of carbonyl (C=O) groups is 1. The fraction of sp³-hybridized carbons (Fsp3) is 0.588. The van der Waals surface area contributed by atoms with E-state index in [0.717, 1.165) is 52.0 Å². The Morgan fingerprint density at radius 1 is 1.27 bits per heavy atom. The molecule has 0 unspecified atom stereocenters. The molecule has 22 heavy (non-hydrogen) atoms. The number of carbonyl (C=O) groups excluding carboxylic acids is 1. The molecule has 1 aliphatic rings. The smallest absolute Gasteiger partial charge is 0.251 e. The maximum atomic E-state index is 11.4. The first-order chi connectivity index (χ1) is 10.7. The van der Waals surface area contributed by atoms with Gasteiger partial charge in [-0.3, -0.25) is 4.79 Å². The lowest BCUT2D eigenvalue weighted by Crippen LogP contribution is -2.37. The summed E-state index contributed by atoms with van der Waals surface area (Å²) in [7, 11) is 1.64. The summed E-state index contributed by atoms with van der Waals surface area (Å²) in [6, 6.07) is 7.69. The lowest BCUT2D eigenvalue weighted by molar-refractivity contribution is 0.0821. The van der Waals surface area contributed by atoms with Gasteiger partial charge in [0.1, 0.15) is 0 Å². The van der Waals surface area contributed by atoms with Crippen LogP contribution in [0, 0.1) is 0 Å². The van der Waals surface area contributed by atoms with E-state index in [9.17, 15) is 9.90 Å². The maximum Gasteiger partial charge on any atom is 0.251 e. The van der Waals surface area contributed by atoms with Crippen LogP contribution in [0.4, 0.5) is 0 Å². The Labute approximate surface area is 132 Å². The third kappa shape index (κ3) is 5.40. The molecule has 2 rings (SSSR count). The molecule has 1 aliphatic heterocycles. The first-order valence-corrected chi connectivity index (χ1v) is 8.11. The van der Waals surface area contributed by atoms with Gasteiger partial charge >= 0.3 is 0 Å². The van der Waals surface area contributed by atoms with E-state index >= 15 is 0 Å². The number of aliphatic hydroxyl groups is 1. The number of benzene rings is 1. The Morgan fingerprint density at radius 3 is 2.59 bits per heavy atom. The Balaban J connectivity index is 1.59. The number of piperidine rings is 1. The molecule has 0 bridgehead atoms. The predicted octanol–water partition coefficient (Wildman–Crippen LogP) is 0.983. The summed E-state index contributed by atoms with van der Waals surface area (Å²) in [6.45, 7) is 4.93. The largest absolute Gasteiger partial charge is 0.393 e. The van der Waals surface area contributed by atoms with Gasteiger partial charge in [-0.05, 0) is 50.0 Å². The number of hydrogen-bond donors (Lipinski definition) is 3. The summed E-state index contributed by atoms with van der Waals surface area (Å²) in [5.74, 6) is -0.0499. The number of nitrogens with zero attached hydrogens (tertiary/aromatic N) is 1. The fourth-order valence-corrected chi connectivity index (χ4v) is 2.72. The minimum atomic E-state index is -0.0906. The van der Waals surface area contributed by atoms with E-state index in [1.165, 1.54) is 5.56 Å². The standard InChI is InChI=1S/C17H27N3O2/c1-18-17(22)15-5-3-14(4-6-15)13-19-9-2-10-20-11-7-16(21)8-12-20/h3-6,16,19,21H,2,7-13H2,1H3,(H,18,22). The van der Waals surface area contributed by atoms with E-state index in [1.54, 1.807) is 7.05 Å². The molecule has 3 N–H and O–H groups in total. The topological polar surface area (TPSA) is 64.6 Å². The molecule has 1 aromatic rings. The van der Waals surface area contributed by atoms with Crippen molar-refractivity contribution in [1.29, 1.82) is 0 Å². The van der Waals surface area contributed by atoms with Gasteiger partial charge in [-0.2, -0.15) is 0 Å². The zero-order valence-corrected chi connectivity index (χ0v) is 13.3. The molecular weight excluding hydrogens is 278 g/mol. The average Bonchev–Trinajstić information content (AvgIpc) is 2.56. The zero-order valence-electron chi connectivity index (χ0n) is 13.3. The minimum Gasteiger partial charge on any atom is -0.393 e. The molecule has 5 nitrogen and oxygen atoms in total. The van der Waals surface area contributed by atoms with Crippen molar-refractivity contribution in [2.24, 2.45) is 0 Å². The summed E-state index contributed by atoms with van der Waals surface area (Å²) in [6.07, 6.45) is 2.84. The molecular formula is C17H27N3O2. The van der Waals surface area contributed by atoms with Crippen LogP contribution in [0.2, 0.25) is 0 Å². The summed E-state index contributed by atoms with van der Waals surface area (Å²) < 4.78 is 0. The molecule has 0 radical (unpaired) electrons. The number of aliphatic hydroxyl groups excluding tert-OH is 1. The van der Waals surface area contributed by atoms with Gasteiger partial charge in [0, 0.05) is 32.2 Å². The minimum absolute atomic E-state index is 0.0499. The Kier molecular flexibility index (Phi) is 6.83. The highest BCUT2D eigenvalue weighted by molar-refractivity contribution is 5.93. The molecule has 1 saturated heterocycles. The van der Waals surface area contributed by atoms with Gasteiger partial charge in [0.05, 0.1) is 6.10 Å². The van der Waals surface area contributed by atoms with Crippen LogP contribution >= 0.6 is 0 Å². The lowest BCUT2D eigenvalue weighted by Gasteiger charge is -2.29. The summed E-state index contributed by atoms with van der Waals surface area (Å²) >= 11 is 0. The number of hydrogen-bond acceptors (Lipinski definition) is 4. The van der Waals surface area contributed by atoms with Gasteiger partial charge < -0.3 is 20.6 Å². The van der Waals surface area contributed by atoms with Crippen molar-refractivity contribution in [3.8, 4) is 0 Å². The highest BCUT2D eigenvalue weighted by Crippen LogP contribution is 2.09. The summed E-state index contributed by atoms with van der Waals surface area (Å²) in [5, 5.41) is 15.5. The van der Waals surface area contributed by atoms with Crippen LogP contribution in [0.15, 0.2) is 24.3 Å². The van der Waals surface area contributed by atoms with Crippen molar-refractivity contribution in [2.45, 2.75) is 31.9 Å². The number of nitrogens with one attached hydrogen (secondary N) is 2. The van der Waals surface area contributed by atoms with Gasteiger partial charge in [0.15, 0.2) is 0 Å². The molecule has 0 spiro atoms. The van der Waals surface area contributed by atoms with E-state index in [2.05, 4.69) is 15.5 Å². The van der Waals surface area contributed by atoms with Crippen molar-refractivity contribution in [2.75, 3.05) is 33.2 Å². The third-order valence-electron chi connectivity index (χ3n) is 4.16. The molecule has 1 heterocycles. The Bertz CT molecular complexity index is 453. The van der Waals surface area contributed by atoms with Crippen LogP contribution in [0.1, 0.15) is 35.2 Å². The highest BCUT2D eigenvalue weighted by Gasteiger charge is 2.15. The second-order valence-corrected chi connectivity index (χ2v) is 5.88. The number of rotatable bonds is 7. The average molecular weight is 305 g/mol. The second kappa shape index (κ2) is 8.88. The monoisotopic (exact) mass is 305 g/mol. The predicted molar refractivity (Wildman–Crippen MR) is 87.8 cm³/mol. The molecule has 1 fully saturated rings. The van der Waals surface area contributed by atoms with Gasteiger partial charge in [-0.15, -0.1) is 0 Å². The third-order valence-corrected chi connectivity index (χ3v) is 4.16. The first-order valence-electron chi connectivity index (χ1n) is 8.11. The Morgan fingerprint density at radius 2 is 1.95 bits per heavy atom. The molecule has 5 heteroatoms. The number of likely N-dealkylation sites (tertiary alicyclic amines) is 1. The van der Waals surface area contributed by atoms with Gasteiger partial charge in [-0.25, -0.2) is 0 Å². The van der Waals surface area contributed by atoms with Crippen LogP contribution in [0.5, 0.6) is 0 Å². The fourth-order valence-electron chi connectivity index (χ4n) is 2.72. The van der Waals surface area contributed by atoms with Gasteiger partial charge in [-0.1, -0.05) is 12.1 Å². The van der Waals surface area contributed by atoms with Crippen LogP contribution < -0.4 is 10.6 Å². The zero-order chi connectivity index (χ0) is 15.8. The molecule has 0 atom stereocenters. The van der Waals surface area contributed by atoms with E-state index in [0.29, 0.717) is 5.56 Å². The van der Waals surface area contributed by atoms with E-state index in [1.807, 2.05) is 24.3 Å². The highest BCUT2D eigenvalue weighted by atomic mass is 16.3. The van der Waals surface area contributed by atoms with Gasteiger partial charge in [0.25, 0.3) is 5.91 Å². The van der Waals surface area contributed by atoms with Crippen LogP contribution in [-0.4, -0.2) is 55.2 Å². The van der Waals surface area contributed by atoms with E-state index in [4.69, 9.17) is 0 Å². The molecule has 0 aromatic heterocycles. The van der Waals surface area contributed by atoms with E-state index in [-0.39, 0.29) is 12.0 Å². The van der Waals surface area contributed by atoms with Crippen LogP contribution in [-0.2, 0) is 6.54 Å². The maximum absolute atomic E-state index is 11.4. The molecule has 1 amide bonds. The summed E-state index contributed by atoms with van der Waals surface area (Å²) in [5.41, 5.74) is 1.88. The quantitative estimate of drug-likeness (QED) is 0.657. The van der Waals surface area contributed by atoms with Crippen molar-refractivity contribution in [1.82, 2.24) is 15.5 Å². The second-order valence-electron chi connectivity index (χ2n) is 5.88. The molecule has 122 valence electrons.